The molecule has 0 heterocycles. The van der Waals surface area contributed by atoms with Gasteiger partial charge in [0.05, 0.1) is 25.5 Å². The maximum Gasteiger partial charge on any atom is 0.308 e. The highest BCUT2D eigenvalue weighted by Crippen LogP contribution is 2.33. The Labute approximate surface area is 112 Å². The molecule has 0 aliphatic heterocycles. The van der Waals surface area contributed by atoms with Crippen LogP contribution in [0.25, 0.3) is 0 Å². The minimum absolute atomic E-state index is 0.0277. The lowest BCUT2D eigenvalue weighted by Gasteiger charge is -2.17. The third kappa shape index (κ3) is 5.43. The van der Waals surface area contributed by atoms with Gasteiger partial charge in [-0.15, -0.1) is 0 Å². The molecule has 10 heteroatoms. The molecule has 8 nitrogen and oxygen atoms in total. The second-order valence-corrected chi connectivity index (χ2v) is 7.57. The monoisotopic (exact) mass is 316 g/mol. The van der Waals surface area contributed by atoms with Crippen molar-refractivity contribution in [3.63, 3.8) is 0 Å². The first-order valence-corrected chi connectivity index (χ1v) is 8.99. The fourth-order valence-corrected chi connectivity index (χ4v) is 3.27. The molecule has 1 saturated carbocycles. The zero-order valence-electron chi connectivity index (χ0n) is 10.7. The van der Waals surface area contributed by atoms with Crippen LogP contribution in [0.15, 0.2) is 0 Å². The van der Waals surface area contributed by atoms with Gasteiger partial charge in [0.15, 0.2) is 0 Å². The van der Waals surface area contributed by atoms with E-state index in [1.165, 1.54) is 7.11 Å². The highest BCUT2D eigenvalue weighted by atomic mass is 32.2. The van der Waals surface area contributed by atoms with Gasteiger partial charge in [0, 0.05) is 0 Å². The third-order valence-corrected chi connectivity index (χ3v) is 3.77. The molecule has 0 radical (unpaired) electrons. The van der Waals surface area contributed by atoms with Gasteiger partial charge in [0.2, 0.25) is 0 Å². The van der Waals surface area contributed by atoms with E-state index >= 15 is 0 Å². The molecule has 1 aliphatic carbocycles. The van der Waals surface area contributed by atoms with E-state index in [9.17, 15) is 21.6 Å². The summed E-state index contributed by atoms with van der Waals surface area (Å²) in [6.07, 6.45) is -0.297. The van der Waals surface area contributed by atoms with Crippen molar-refractivity contribution in [1.29, 1.82) is 0 Å². The first kappa shape index (κ1) is 16.3. The van der Waals surface area contributed by atoms with E-state index in [2.05, 4.69) is 4.74 Å². The van der Waals surface area contributed by atoms with Crippen LogP contribution < -0.4 is 0 Å². The second-order valence-electron chi connectivity index (χ2n) is 4.37. The Kier molecular flexibility index (Phi) is 4.93. The molecule has 0 aromatic rings. The molecule has 1 fully saturated rings. The van der Waals surface area contributed by atoms with Crippen LogP contribution in [-0.2, 0) is 38.1 Å². The SMILES string of the molecule is COC(=O)C1CC(OS(C)(=O)=O)C(OS(C)(=O)=O)C1. The van der Waals surface area contributed by atoms with Gasteiger partial charge in [-0.05, 0) is 12.8 Å². The Morgan fingerprint density at radius 1 is 0.947 bits per heavy atom. The minimum Gasteiger partial charge on any atom is -0.469 e. The number of ether oxygens (including phenoxy) is 1. The molecule has 112 valence electrons. The summed E-state index contributed by atoms with van der Waals surface area (Å²) >= 11 is 0. The van der Waals surface area contributed by atoms with Crippen molar-refractivity contribution >= 4 is 26.2 Å². The molecule has 0 saturated heterocycles. The smallest absolute Gasteiger partial charge is 0.308 e. The first-order valence-electron chi connectivity index (χ1n) is 5.36. The molecular formula is C9H16O8S2. The maximum atomic E-state index is 11.4. The summed E-state index contributed by atoms with van der Waals surface area (Å²) in [7, 11) is -6.36. The van der Waals surface area contributed by atoms with Crippen LogP contribution in [-0.4, -0.2) is 54.6 Å². The Balaban J connectivity index is 2.87. The van der Waals surface area contributed by atoms with E-state index < -0.39 is 44.3 Å². The number of rotatable bonds is 5. The van der Waals surface area contributed by atoms with Crippen molar-refractivity contribution in [3.8, 4) is 0 Å². The minimum atomic E-state index is -3.78. The Hall–Kier alpha value is -0.710. The molecule has 0 spiro atoms. The summed E-state index contributed by atoms with van der Waals surface area (Å²) in [5, 5.41) is 0. The van der Waals surface area contributed by atoms with Gasteiger partial charge >= 0.3 is 5.97 Å². The third-order valence-electron chi connectivity index (χ3n) is 2.58. The average molecular weight is 316 g/mol. The van der Waals surface area contributed by atoms with Gasteiger partial charge in [-0.2, -0.15) is 16.8 Å². The standard InChI is InChI=1S/C9H16O8S2/c1-15-9(10)6-4-7(16-18(2,11)12)8(5-6)17-19(3,13)14/h6-8H,4-5H2,1-3H3. The highest BCUT2D eigenvalue weighted by Gasteiger charge is 2.43. The lowest BCUT2D eigenvalue weighted by Crippen LogP contribution is -2.30. The van der Waals surface area contributed by atoms with E-state index in [-0.39, 0.29) is 12.8 Å². The van der Waals surface area contributed by atoms with Gasteiger partial charge in [-0.1, -0.05) is 0 Å². The molecule has 0 amide bonds. The molecule has 1 rings (SSSR count). The van der Waals surface area contributed by atoms with Crippen LogP contribution in [0.5, 0.6) is 0 Å². The summed E-state index contributed by atoms with van der Waals surface area (Å²) in [6, 6.07) is 0. The Bertz CT molecular complexity index is 493. The van der Waals surface area contributed by atoms with Crippen LogP contribution >= 0.6 is 0 Å². The quantitative estimate of drug-likeness (QED) is 0.481. The van der Waals surface area contributed by atoms with Gasteiger partial charge in [0.25, 0.3) is 20.2 Å². The molecule has 0 aromatic carbocycles. The maximum absolute atomic E-state index is 11.4. The first-order chi connectivity index (χ1) is 8.52. The van der Waals surface area contributed by atoms with E-state index in [0.717, 1.165) is 12.5 Å². The molecule has 0 N–H and O–H groups in total. The Morgan fingerprint density at radius 3 is 1.58 bits per heavy atom. The van der Waals surface area contributed by atoms with Gasteiger partial charge in [0.1, 0.15) is 12.2 Å². The number of hydrogen-bond acceptors (Lipinski definition) is 8. The summed E-state index contributed by atoms with van der Waals surface area (Å²) in [5.74, 6) is -1.20. The summed E-state index contributed by atoms with van der Waals surface area (Å²) < 4.78 is 58.5. The molecule has 2 atom stereocenters. The molecule has 19 heavy (non-hydrogen) atoms. The van der Waals surface area contributed by atoms with Crippen molar-refractivity contribution in [2.45, 2.75) is 25.0 Å². The summed E-state index contributed by atoms with van der Waals surface area (Å²) in [4.78, 5) is 11.4. The Morgan fingerprint density at radius 2 is 1.32 bits per heavy atom. The predicted octanol–water partition coefficient (Wildman–Crippen LogP) is -0.741. The van der Waals surface area contributed by atoms with Crippen LogP contribution in [0.4, 0.5) is 0 Å². The fraction of sp³-hybridized carbons (Fsp3) is 0.889. The van der Waals surface area contributed by atoms with Crippen molar-refractivity contribution in [1.82, 2.24) is 0 Å². The average Bonchev–Trinajstić information content (AvgIpc) is 2.55. The molecular weight excluding hydrogens is 300 g/mol. The number of carbonyl (C=O) groups is 1. The molecule has 2 unspecified atom stereocenters. The van der Waals surface area contributed by atoms with Crippen LogP contribution in [0.3, 0.4) is 0 Å². The molecule has 1 aliphatic rings. The normalized spacial score (nSPS) is 28.3. The number of methoxy groups -OCH3 is 1. The van der Waals surface area contributed by atoms with Crippen molar-refractivity contribution in [2.24, 2.45) is 5.92 Å². The highest BCUT2D eigenvalue weighted by molar-refractivity contribution is 7.86. The predicted molar refractivity (Wildman–Crippen MR) is 64.2 cm³/mol. The largest absolute Gasteiger partial charge is 0.469 e. The number of esters is 1. The van der Waals surface area contributed by atoms with E-state index in [4.69, 9.17) is 8.37 Å². The number of hydrogen-bond donors (Lipinski definition) is 0. The van der Waals surface area contributed by atoms with E-state index in [1.807, 2.05) is 0 Å². The zero-order chi connectivity index (χ0) is 14.8. The number of carbonyl (C=O) groups excluding carboxylic acids is 1. The topological polar surface area (TPSA) is 113 Å². The summed E-state index contributed by atoms with van der Waals surface area (Å²) in [6.45, 7) is 0. The molecule has 0 aromatic heterocycles. The van der Waals surface area contributed by atoms with Crippen molar-refractivity contribution < 1.29 is 34.7 Å². The van der Waals surface area contributed by atoms with E-state index in [1.54, 1.807) is 0 Å². The van der Waals surface area contributed by atoms with Crippen LogP contribution in [0, 0.1) is 5.92 Å². The second kappa shape index (κ2) is 5.73. The van der Waals surface area contributed by atoms with Gasteiger partial charge in [-0.25, -0.2) is 0 Å². The van der Waals surface area contributed by atoms with Gasteiger partial charge < -0.3 is 4.74 Å². The lowest BCUT2D eigenvalue weighted by molar-refractivity contribution is -0.145. The van der Waals surface area contributed by atoms with Crippen LogP contribution in [0.2, 0.25) is 0 Å². The van der Waals surface area contributed by atoms with Crippen molar-refractivity contribution in [3.05, 3.63) is 0 Å². The van der Waals surface area contributed by atoms with Crippen LogP contribution in [0.1, 0.15) is 12.8 Å². The van der Waals surface area contributed by atoms with E-state index in [0.29, 0.717) is 0 Å². The van der Waals surface area contributed by atoms with Gasteiger partial charge in [-0.3, -0.25) is 13.2 Å². The summed E-state index contributed by atoms with van der Waals surface area (Å²) in [5.41, 5.74) is 0. The molecule has 0 bridgehead atoms. The zero-order valence-corrected chi connectivity index (χ0v) is 12.4. The lowest BCUT2D eigenvalue weighted by atomic mass is 10.1. The van der Waals surface area contributed by atoms with Crippen molar-refractivity contribution in [2.75, 3.05) is 19.6 Å². The fourth-order valence-electron chi connectivity index (χ4n) is 1.97.